The van der Waals surface area contributed by atoms with Crippen molar-refractivity contribution in [2.24, 2.45) is 0 Å². The van der Waals surface area contributed by atoms with Crippen LogP contribution in [-0.4, -0.2) is 7.85 Å². The van der Waals surface area contributed by atoms with Gasteiger partial charge in [0.1, 0.15) is 7.85 Å². The number of hydrogen-bond donors (Lipinski definition) is 0. The molecule has 0 amide bonds. The lowest BCUT2D eigenvalue weighted by Crippen LogP contribution is -1.68. The number of hydrogen-bond acceptors (Lipinski definition) is 1. The smallest absolute Gasteiger partial charge is 0.114 e. The second-order valence-corrected chi connectivity index (χ2v) is 2.95. The maximum absolute atomic E-state index is 5.50. The average Bonchev–Trinajstić information content (AvgIpc) is 1.83. The quantitative estimate of drug-likeness (QED) is 0.528. The van der Waals surface area contributed by atoms with Crippen molar-refractivity contribution in [2.45, 2.75) is 20.8 Å². The molecule has 0 saturated heterocycles. The zero-order chi connectivity index (χ0) is 7.28. The molecule has 0 fully saturated rings. The summed E-state index contributed by atoms with van der Waals surface area (Å²) in [6.07, 6.45) is 1.89. The third-order valence-corrected chi connectivity index (χ3v) is 1.81. The lowest BCUT2D eigenvalue weighted by molar-refractivity contribution is 1.42. The molecule has 0 aliphatic carbocycles. The SMILES string of the molecule is [B]/C(=C/C)SC=C(C)C. The zero-order valence-corrected chi connectivity index (χ0v) is 6.96. The Bertz CT molecular complexity index is 132. The Labute approximate surface area is 62.8 Å². The molecule has 0 heterocycles. The largest absolute Gasteiger partial charge is 0.123 e. The molecular weight excluding hydrogens is 127 g/mol. The predicted molar refractivity (Wildman–Crippen MR) is 46.5 cm³/mol. The number of rotatable bonds is 2. The van der Waals surface area contributed by atoms with Crippen LogP contribution in [0.4, 0.5) is 0 Å². The highest BCUT2D eigenvalue weighted by molar-refractivity contribution is 8.07. The monoisotopic (exact) mass is 138 g/mol. The van der Waals surface area contributed by atoms with E-state index in [4.69, 9.17) is 7.85 Å². The van der Waals surface area contributed by atoms with Gasteiger partial charge in [-0.25, -0.2) is 0 Å². The Morgan fingerprint density at radius 2 is 2.00 bits per heavy atom. The van der Waals surface area contributed by atoms with Crippen LogP contribution in [-0.2, 0) is 0 Å². The van der Waals surface area contributed by atoms with E-state index in [1.807, 2.05) is 18.4 Å². The van der Waals surface area contributed by atoms with Crippen molar-refractivity contribution in [2.75, 3.05) is 0 Å². The maximum atomic E-state index is 5.50. The van der Waals surface area contributed by atoms with Gasteiger partial charge in [0.05, 0.1) is 0 Å². The lowest BCUT2D eigenvalue weighted by atomic mass is 10.1. The van der Waals surface area contributed by atoms with Gasteiger partial charge in [-0.2, -0.15) is 0 Å². The Morgan fingerprint density at radius 1 is 1.44 bits per heavy atom. The molecule has 0 aliphatic rings. The van der Waals surface area contributed by atoms with Crippen molar-refractivity contribution >= 4 is 19.6 Å². The molecular formula is C7H11BS. The average molecular weight is 138 g/mol. The molecule has 9 heavy (non-hydrogen) atoms. The van der Waals surface area contributed by atoms with E-state index in [1.54, 1.807) is 11.8 Å². The van der Waals surface area contributed by atoms with E-state index in [0.29, 0.717) is 0 Å². The Morgan fingerprint density at radius 3 is 2.33 bits per heavy atom. The number of thioether (sulfide) groups is 1. The molecule has 0 spiro atoms. The molecule has 0 atom stereocenters. The first-order valence-corrected chi connectivity index (χ1v) is 3.76. The highest BCUT2D eigenvalue weighted by Crippen LogP contribution is 2.14. The fraction of sp³-hybridized carbons (Fsp3) is 0.429. The van der Waals surface area contributed by atoms with Gasteiger partial charge in [-0.05, 0) is 26.2 Å². The molecule has 0 unspecified atom stereocenters. The first-order chi connectivity index (χ1) is 4.16. The third-order valence-electron chi connectivity index (χ3n) is 0.715. The summed E-state index contributed by atoms with van der Waals surface area (Å²) in [5, 5.41) is 2.04. The van der Waals surface area contributed by atoms with Gasteiger partial charge >= 0.3 is 0 Å². The van der Waals surface area contributed by atoms with Gasteiger partial charge < -0.3 is 0 Å². The van der Waals surface area contributed by atoms with Gasteiger partial charge in [-0.3, -0.25) is 0 Å². The summed E-state index contributed by atoms with van der Waals surface area (Å²) in [5.74, 6) is 0. The molecule has 0 N–H and O–H groups in total. The highest BCUT2D eigenvalue weighted by atomic mass is 32.2. The van der Waals surface area contributed by atoms with Crippen molar-refractivity contribution in [3.63, 3.8) is 0 Å². The topological polar surface area (TPSA) is 0 Å². The summed E-state index contributed by atoms with van der Waals surface area (Å²) < 4.78 is 0. The number of allylic oxidation sites excluding steroid dienone is 2. The van der Waals surface area contributed by atoms with E-state index >= 15 is 0 Å². The molecule has 0 aromatic heterocycles. The van der Waals surface area contributed by atoms with Gasteiger partial charge in [0, 0.05) is 0 Å². The van der Waals surface area contributed by atoms with E-state index in [1.165, 1.54) is 5.57 Å². The molecule has 48 valence electrons. The van der Waals surface area contributed by atoms with Crippen LogP contribution in [0.1, 0.15) is 20.8 Å². The Hall–Kier alpha value is -0.105. The van der Waals surface area contributed by atoms with Crippen LogP contribution in [0.5, 0.6) is 0 Å². The summed E-state index contributed by atoms with van der Waals surface area (Å²) in [6, 6.07) is 0. The minimum Gasteiger partial charge on any atom is -0.114 e. The van der Waals surface area contributed by atoms with Crippen LogP contribution in [0.3, 0.4) is 0 Å². The first kappa shape index (κ1) is 8.89. The normalized spacial score (nSPS) is 11.2. The van der Waals surface area contributed by atoms with Crippen molar-refractivity contribution in [3.8, 4) is 0 Å². The van der Waals surface area contributed by atoms with E-state index in [2.05, 4.69) is 13.8 Å². The summed E-state index contributed by atoms with van der Waals surface area (Å²) in [7, 11) is 5.50. The predicted octanol–water partition coefficient (Wildman–Crippen LogP) is 2.67. The molecule has 0 bridgehead atoms. The molecule has 0 aliphatic heterocycles. The van der Waals surface area contributed by atoms with Crippen LogP contribution >= 0.6 is 11.8 Å². The maximum Gasteiger partial charge on any atom is 0.123 e. The molecule has 0 aromatic rings. The van der Waals surface area contributed by atoms with Crippen molar-refractivity contribution < 1.29 is 0 Å². The summed E-state index contributed by atoms with van der Waals surface area (Å²) in [6.45, 7) is 6.03. The molecule has 2 radical (unpaired) electrons. The molecule has 0 aromatic carbocycles. The van der Waals surface area contributed by atoms with E-state index < -0.39 is 0 Å². The van der Waals surface area contributed by atoms with Crippen LogP contribution in [0, 0.1) is 0 Å². The van der Waals surface area contributed by atoms with Crippen molar-refractivity contribution in [3.05, 3.63) is 21.9 Å². The van der Waals surface area contributed by atoms with Crippen molar-refractivity contribution in [1.29, 1.82) is 0 Å². The fourth-order valence-corrected chi connectivity index (χ4v) is 0.762. The van der Waals surface area contributed by atoms with Gasteiger partial charge in [-0.15, -0.1) is 11.8 Å². The molecule has 0 rings (SSSR count). The first-order valence-electron chi connectivity index (χ1n) is 2.88. The molecule has 2 heteroatoms. The van der Waals surface area contributed by atoms with Crippen molar-refractivity contribution in [1.82, 2.24) is 0 Å². The van der Waals surface area contributed by atoms with Gasteiger partial charge in [0.15, 0.2) is 0 Å². The fourth-order valence-electron chi connectivity index (χ4n) is 0.254. The van der Waals surface area contributed by atoms with Crippen LogP contribution in [0.25, 0.3) is 0 Å². The van der Waals surface area contributed by atoms with Gasteiger partial charge in [0.2, 0.25) is 0 Å². The van der Waals surface area contributed by atoms with Crippen LogP contribution in [0.15, 0.2) is 21.9 Å². The summed E-state index contributed by atoms with van der Waals surface area (Å²) >= 11 is 1.56. The minimum absolute atomic E-state index is 0.858. The Kier molecular flexibility index (Phi) is 4.69. The highest BCUT2D eigenvalue weighted by Gasteiger charge is 1.81. The van der Waals surface area contributed by atoms with E-state index in [9.17, 15) is 0 Å². The van der Waals surface area contributed by atoms with Gasteiger partial charge in [0.25, 0.3) is 0 Å². The van der Waals surface area contributed by atoms with E-state index in [0.717, 1.165) is 4.80 Å². The molecule has 0 saturated carbocycles. The standard InChI is InChI=1S/C7H11BS/c1-4-7(8)9-5-6(2)3/h4-5H,1-3H3/b7-4-. The second-order valence-electron chi connectivity index (χ2n) is 2.00. The third kappa shape index (κ3) is 5.77. The second kappa shape index (κ2) is 4.74. The van der Waals surface area contributed by atoms with Gasteiger partial charge in [-0.1, -0.05) is 16.5 Å². The molecule has 0 nitrogen and oxygen atoms in total. The zero-order valence-electron chi connectivity index (χ0n) is 6.14. The summed E-state index contributed by atoms with van der Waals surface area (Å²) in [4.78, 5) is 0.858. The lowest BCUT2D eigenvalue weighted by Gasteiger charge is -1.92. The van der Waals surface area contributed by atoms with Crippen LogP contribution in [0.2, 0.25) is 0 Å². The minimum atomic E-state index is 0.858. The van der Waals surface area contributed by atoms with Crippen LogP contribution < -0.4 is 0 Å². The Balaban J connectivity index is 3.64. The summed E-state index contributed by atoms with van der Waals surface area (Å²) in [5.41, 5.74) is 1.28. The van der Waals surface area contributed by atoms with E-state index in [-0.39, 0.29) is 0 Å².